The predicted octanol–water partition coefficient (Wildman–Crippen LogP) is 7.28. The highest BCUT2D eigenvalue weighted by Gasteiger charge is 2.19. The van der Waals surface area contributed by atoms with E-state index in [9.17, 15) is 4.79 Å². The van der Waals surface area contributed by atoms with Crippen molar-refractivity contribution in [3.63, 3.8) is 0 Å². The summed E-state index contributed by atoms with van der Waals surface area (Å²) in [6, 6.07) is -0.411. The Morgan fingerprint density at radius 3 is 2.21 bits per heavy atom. The van der Waals surface area contributed by atoms with Crippen LogP contribution in [-0.4, -0.2) is 23.7 Å². The van der Waals surface area contributed by atoms with E-state index >= 15 is 0 Å². The summed E-state index contributed by atoms with van der Waals surface area (Å²) in [4.78, 5) is 11.1. The fourth-order valence-corrected chi connectivity index (χ4v) is 3.38. The van der Waals surface area contributed by atoms with Gasteiger partial charge in [-0.05, 0) is 57.9 Å². The fraction of sp³-hybridized carbons (Fsp3) is 0.800. The second kappa shape index (κ2) is 19.2. The van der Waals surface area contributed by atoms with Gasteiger partial charge >= 0.3 is 5.97 Å². The van der Waals surface area contributed by atoms with Crippen LogP contribution in [0.25, 0.3) is 0 Å². The minimum Gasteiger partial charge on any atom is -0.480 e. The Bertz CT molecular complexity index is 426. The van der Waals surface area contributed by atoms with Gasteiger partial charge in [0.2, 0.25) is 0 Å². The monoisotopic (exact) mass is 393 g/mol. The van der Waals surface area contributed by atoms with Crippen LogP contribution in [0.1, 0.15) is 111 Å². The molecule has 2 N–H and O–H groups in total. The first-order valence-corrected chi connectivity index (χ1v) is 11.8. The maximum atomic E-state index is 11.1. The van der Waals surface area contributed by atoms with Crippen LogP contribution in [0.4, 0.5) is 0 Å². The molecule has 3 heteroatoms. The molecule has 0 bridgehead atoms. The average molecular weight is 394 g/mol. The minimum absolute atomic E-state index is 0.135. The molecule has 0 amide bonds. The van der Waals surface area contributed by atoms with Crippen molar-refractivity contribution in [1.82, 2.24) is 5.32 Å². The van der Waals surface area contributed by atoms with Crippen LogP contribution in [0.5, 0.6) is 0 Å². The molecule has 164 valence electrons. The zero-order chi connectivity index (χ0) is 21.0. The van der Waals surface area contributed by atoms with Crippen molar-refractivity contribution in [2.75, 3.05) is 6.54 Å². The van der Waals surface area contributed by atoms with Crippen molar-refractivity contribution >= 4 is 5.97 Å². The van der Waals surface area contributed by atoms with Crippen molar-refractivity contribution in [1.29, 1.82) is 0 Å². The van der Waals surface area contributed by atoms with Crippen molar-refractivity contribution in [3.8, 4) is 0 Å². The van der Waals surface area contributed by atoms with E-state index in [4.69, 9.17) is 5.11 Å². The number of carboxylic acids is 1. The van der Waals surface area contributed by atoms with Crippen LogP contribution in [0.2, 0.25) is 0 Å². The molecular weight excluding hydrogens is 346 g/mol. The van der Waals surface area contributed by atoms with Crippen molar-refractivity contribution in [3.05, 3.63) is 23.8 Å². The maximum Gasteiger partial charge on any atom is 0.320 e. The molecular formula is C25H47NO2. The molecule has 0 aliphatic heterocycles. The Morgan fingerprint density at radius 2 is 1.57 bits per heavy atom. The Morgan fingerprint density at radius 1 is 0.929 bits per heavy atom. The van der Waals surface area contributed by atoms with E-state index in [0.717, 1.165) is 19.4 Å². The van der Waals surface area contributed by atoms with Gasteiger partial charge in [-0.25, -0.2) is 0 Å². The fourth-order valence-electron chi connectivity index (χ4n) is 3.38. The van der Waals surface area contributed by atoms with Gasteiger partial charge in [0.1, 0.15) is 6.04 Å². The second-order valence-electron chi connectivity index (χ2n) is 8.49. The van der Waals surface area contributed by atoms with Crippen molar-refractivity contribution in [2.24, 2.45) is 5.92 Å². The first kappa shape index (κ1) is 26.9. The maximum absolute atomic E-state index is 11.1. The van der Waals surface area contributed by atoms with E-state index in [1.807, 2.05) is 13.8 Å². The normalized spacial score (nSPS) is 13.5. The SMILES string of the molecule is CCCCCCC(C)=CCC=CCCCCCCCCNC(C(=O)O)C(C)C. The molecule has 3 nitrogen and oxygen atoms in total. The van der Waals surface area contributed by atoms with Gasteiger partial charge in [0.05, 0.1) is 0 Å². The topological polar surface area (TPSA) is 49.3 Å². The van der Waals surface area contributed by atoms with Crippen molar-refractivity contribution < 1.29 is 9.90 Å². The Labute approximate surface area is 175 Å². The number of carbonyl (C=O) groups is 1. The van der Waals surface area contributed by atoms with Gasteiger partial charge < -0.3 is 10.4 Å². The molecule has 0 spiro atoms. The molecule has 0 fully saturated rings. The van der Waals surface area contributed by atoms with Crippen LogP contribution in [-0.2, 0) is 4.79 Å². The van der Waals surface area contributed by atoms with Crippen LogP contribution in [0.3, 0.4) is 0 Å². The lowest BCUT2D eigenvalue weighted by Crippen LogP contribution is -2.41. The zero-order valence-corrected chi connectivity index (χ0v) is 19.1. The van der Waals surface area contributed by atoms with E-state index in [-0.39, 0.29) is 5.92 Å². The second-order valence-corrected chi connectivity index (χ2v) is 8.49. The molecule has 0 heterocycles. The summed E-state index contributed by atoms with van der Waals surface area (Å²) >= 11 is 0. The van der Waals surface area contributed by atoms with Gasteiger partial charge in [0, 0.05) is 0 Å². The third kappa shape index (κ3) is 17.0. The third-order valence-electron chi connectivity index (χ3n) is 5.29. The zero-order valence-electron chi connectivity index (χ0n) is 19.1. The van der Waals surface area contributed by atoms with Gasteiger partial charge in [-0.1, -0.05) is 89.5 Å². The number of hydrogen-bond donors (Lipinski definition) is 2. The molecule has 0 saturated heterocycles. The highest BCUT2D eigenvalue weighted by atomic mass is 16.4. The molecule has 0 aliphatic rings. The Hall–Kier alpha value is -1.09. The summed E-state index contributed by atoms with van der Waals surface area (Å²) < 4.78 is 0. The van der Waals surface area contributed by atoms with Crippen LogP contribution in [0, 0.1) is 5.92 Å². The molecule has 1 atom stereocenters. The summed E-state index contributed by atoms with van der Waals surface area (Å²) in [7, 11) is 0. The summed E-state index contributed by atoms with van der Waals surface area (Å²) in [5, 5.41) is 12.3. The largest absolute Gasteiger partial charge is 0.480 e. The lowest BCUT2D eigenvalue weighted by atomic mass is 10.0. The van der Waals surface area contributed by atoms with Gasteiger partial charge in [-0.15, -0.1) is 0 Å². The minimum atomic E-state index is -0.735. The standard InChI is InChI=1S/C25H47NO2/c1-5-6-7-16-19-23(4)20-17-14-12-10-8-9-11-13-15-18-21-26-24(22(2)3)25(27)28/h12,14,20,22,24,26H,5-11,13,15-19,21H2,1-4H3,(H,27,28). The lowest BCUT2D eigenvalue weighted by molar-refractivity contribution is -0.140. The quantitative estimate of drug-likeness (QED) is 0.179. The number of nitrogens with one attached hydrogen (secondary N) is 1. The third-order valence-corrected chi connectivity index (χ3v) is 5.29. The summed E-state index contributed by atoms with van der Waals surface area (Å²) in [6.07, 6.45) is 23.3. The van der Waals surface area contributed by atoms with Crippen LogP contribution < -0.4 is 5.32 Å². The highest BCUT2D eigenvalue weighted by Crippen LogP contribution is 2.11. The van der Waals surface area contributed by atoms with E-state index in [1.165, 1.54) is 70.6 Å². The number of aliphatic carboxylic acids is 1. The van der Waals surface area contributed by atoms with Crippen molar-refractivity contribution in [2.45, 2.75) is 117 Å². The number of allylic oxidation sites excluding steroid dienone is 4. The number of rotatable bonds is 19. The van der Waals surface area contributed by atoms with E-state index < -0.39 is 12.0 Å². The number of unbranched alkanes of at least 4 members (excludes halogenated alkanes) is 9. The van der Waals surface area contributed by atoms with Gasteiger partial charge in [0.15, 0.2) is 0 Å². The molecule has 1 unspecified atom stereocenters. The molecule has 0 aliphatic carbocycles. The van der Waals surface area contributed by atoms with E-state index in [0.29, 0.717) is 0 Å². The molecule has 0 aromatic carbocycles. The smallest absolute Gasteiger partial charge is 0.320 e. The Balaban J connectivity index is 3.47. The van der Waals surface area contributed by atoms with E-state index in [1.54, 1.807) is 5.57 Å². The number of carboxylic acid groups (broad SMARTS) is 1. The van der Waals surface area contributed by atoms with Gasteiger partial charge in [-0.3, -0.25) is 4.79 Å². The summed E-state index contributed by atoms with van der Waals surface area (Å²) in [5.41, 5.74) is 1.54. The van der Waals surface area contributed by atoms with Gasteiger partial charge in [-0.2, -0.15) is 0 Å². The summed E-state index contributed by atoms with van der Waals surface area (Å²) in [5.74, 6) is -0.601. The highest BCUT2D eigenvalue weighted by molar-refractivity contribution is 5.73. The molecule has 0 rings (SSSR count). The van der Waals surface area contributed by atoms with Crippen LogP contribution >= 0.6 is 0 Å². The lowest BCUT2D eigenvalue weighted by Gasteiger charge is -2.17. The van der Waals surface area contributed by atoms with E-state index in [2.05, 4.69) is 37.4 Å². The molecule has 0 aromatic heterocycles. The first-order valence-electron chi connectivity index (χ1n) is 11.8. The van der Waals surface area contributed by atoms with Crippen LogP contribution in [0.15, 0.2) is 23.8 Å². The predicted molar refractivity (Wildman–Crippen MR) is 123 cm³/mol. The molecule has 0 radical (unpaired) electrons. The Kier molecular flexibility index (Phi) is 18.5. The molecule has 28 heavy (non-hydrogen) atoms. The average Bonchev–Trinajstić information content (AvgIpc) is 2.64. The molecule has 0 aromatic rings. The summed E-state index contributed by atoms with van der Waals surface area (Å²) in [6.45, 7) is 9.24. The number of hydrogen-bond acceptors (Lipinski definition) is 2. The molecule has 0 saturated carbocycles. The first-order chi connectivity index (χ1) is 13.5. The van der Waals surface area contributed by atoms with Gasteiger partial charge in [0.25, 0.3) is 0 Å².